The Morgan fingerprint density at radius 3 is 2.70 bits per heavy atom. The highest BCUT2D eigenvalue weighted by molar-refractivity contribution is 7.10. The Labute approximate surface area is 136 Å². The number of allylic oxidation sites excluding steroid dienone is 1. The number of fused-ring (bicyclic) bond motifs is 1. The third-order valence-corrected chi connectivity index (χ3v) is 4.23. The molecule has 23 heavy (non-hydrogen) atoms. The lowest BCUT2D eigenvalue weighted by molar-refractivity contribution is 0.104. The molecule has 2 heterocycles. The first-order valence-corrected chi connectivity index (χ1v) is 7.65. The van der Waals surface area contributed by atoms with E-state index in [1.54, 1.807) is 12.1 Å². The van der Waals surface area contributed by atoms with Crippen LogP contribution in [0.15, 0.2) is 40.3 Å². The maximum atomic E-state index is 12.6. The van der Waals surface area contributed by atoms with Crippen LogP contribution in [0.25, 0.3) is 17.0 Å². The van der Waals surface area contributed by atoms with Crippen molar-refractivity contribution in [2.75, 3.05) is 14.2 Å². The van der Waals surface area contributed by atoms with Crippen LogP contribution in [0.3, 0.4) is 0 Å². The average Bonchev–Trinajstić information content (AvgIpc) is 3.22. The van der Waals surface area contributed by atoms with Gasteiger partial charge < -0.3 is 19.0 Å². The summed E-state index contributed by atoms with van der Waals surface area (Å²) in [6.07, 6.45) is 4.54. The average molecular weight is 330 g/mol. The molecule has 0 aliphatic heterocycles. The van der Waals surface area contributed by atoms with Crippen molar-refractivity contribution in [3.63, 3.8) is 0 Å². The van der Waals surface area contributed by atoms with E-state index < -0.39 is 0 Å². The van der Waals surface area contributed by atoms with E-state index in [0.29, 0.717) is 11.0 Å². The van der Waals surface area contributed by atoms with E-state index in [-0.39, 0.29) is 28.6 Å². The fourth-order valence-corrected chi connectivity index (χ4v) is 3.00. The molecular formula is C17H14O5S. The van der Waals surface area contributed by atoms with Gasteiger partial charge in [-0.1, -0.05) is 6.07 Å². The maximum absolute atomic E-state index is 12.6. The van der Waals surface area contributed by atoms with Gasteiger partial charge in [-0.05, 0) is 29.7 Å². The van der Waals surface area contributed by atoms with Crippen LogP contribution in [0.1, 0.15) is 15.2 Å². The number of ether oxygens (including phenoxy) is 2. The van der Waals surface area contributed by atoms with Gasteiger partial charge in [-0.3, -0.25) is 4.79 Å². The van der Waals surface area contributed by atoms with Crippen molar-refractivity contribution in [1.82, 2.24) is 0 Å². The summed E-state index contributed by atoms with van der Waals surface area (Å²) < 4.78 is 15.8. The van der Waals surface area contributed by atoms with Crippen molar-refractivity contribution in [3.8, 4) is 17.2 Å². The third-order valence-electron chi connectivity index (χ3n) is 3.39. The number of phenols is 1. The monoisotopic (exact) mass is 330 g/mol. The molecule has 5 nitrogen and oxygen atoms in total. The zero-order chi connectivity index (χ0) is 16.4. The second-order valence-corrected chi connectivity index (χ2v) is 5.65. The van der Waals surface area contributed by atoms with Crippen molar-refractivity contribution in [2.24, 2.45) is 0 Å². The van der Waals surface area contributed by atoms with Crippen LogP contribution in [0, 0.1) is 0 Å². The van der Waals surface area contributed by atoms with Crippen LogP contribution in [-0.2, 0) is 0 Å². The van der Waals surface area contributed by atoms with Crippen molar-refractivity contribution >= 4 is 34.2 Å². The minimum Gasteiger partial charge on any atom is -0.504 e. The van der Waals surface area contributed by atoms with Gasteiger partial charge in [0.05, 0.1) is 25.9 Å². The second kappa shape index (κ2) is 6.18. The largest absolute Gasteiger partial charge is 0.504 e. The molecule has 0 fully saturated rings. The number of furan rings is 1. The number of rotatable bonds is 5. The van der Waals surface area contributed by atoms with Gasteiger partial charge in [0, 0.05) is 4.88 Å². The van der Waals surface area contributed by atoms with E-state index in [0.717, 1.165) is 4.88 Å². The highest BCUT2D eigenvalue weighted by atomic mass is 32.1. The summed E-state index contributed by atoms with van der Waals surface area (Å²) in [5.74, 6) is -0.312. The summed E-state index contributed by atoms with van der Waals surface area (Å²) in [5, 5.41) is 12.9. The van der Waals surface area contributed by atoms with Gasteiger partial charge in [0.25, 0.3) is 0 Å². The number of aromatic hydroxyl groups is 1. The Morgan fingerprint density at radius 1 is 1.26 bits per heavy atom. The van der Waals surface area contributed by atoms with E-state index >= 15 is 0 Å². The van der Waals surface area contributed by atoms with Gasteiger partial charge in [0.1, 0.15) is 11.3 Å². The van der Waals surface area contributed by atoms with Gasteiger partial charge in [-0.15, -0.1) is 11.3 Å². The minimum atomic E-state index is -0.380. The van der Waals surface area contributed by atoms with E-state index in [2.05, 4.69) is 0 Å². The number of hydrogen-bond donors (Lipinski definition) is 1. The van der Waals surface area contributed by atoms with Crippen LogP contribution >= 0.6 is 11.3 Å². The predicted octanol–water partition coefficient (Wildman–Crippen LogP) is 4.11. The summed E-state index contributed by atoms with van der Waals surface area (Å²) in [6.45, 7) is 0. The molecule has 1 aromatic carbocycles. The van der Waals surface area contributed by atoms with Gasteiger partial charge in [0.15, 0.2) is 17.1 Å². The van der Waals surface area contributed by atoms with Gasteiger partial charge in [-0.2, -0.15) is 0 Å². The summed E-state index contributed by atoms with van der Waals surface area (Å²) in [7, 11) is 2.84. The molecule has 0 radical (unpaired) electrons. The molecule has 3 aromatic rings. The molecule has 0 saturated carbocycles. The zero-order valence-electron chi connectivity index (χ0n) is 12.5. The summed E-state index contributed by atoms with van der Waals surface area (Å²) >= 11 is 1.51. The fraction of sp³-hybridized carbons (Fsp3) is 0.118. The Morgan fingerprint density at radius 2 is 2.04 bits per heavy atom. The van der Waals surface area contributed by atoms with Crippen molar-refractivity contribution in [2.45, 2.75) is 0 Å². The molecule has 0 aliphatic carbocycles. The van der Waals surface area contributed by atoms with E-state index in [9.17, 15) is 9.90 Å². The lowest BCUT2D eigenvalue weighted by Crippen LogP contribution is -2.02. The minimum absolute atomic E-state index is 0.0473. The first kappa shape index (κ1) is 15.2. The molecule has 0 bridgehead atoms. The summed E-state index contributed by atoms with van der Waals surface area (Å²) in [4.78, 5) is 13.5. The van der Waals surface area contributed by atoms with Crippen LogP contribution < -0.4 is 9.47 Å². The fourth-order valence-electron chi connectivity index (χ4n) is 2.38. The molecule has 2 aromatic heterocycles. The number of ketones is 1. The first-order valence-electron chi connectivity index (χ1n) is 6.77. The van der Waals surface area contributed by atoms with Crippen LogP contribution in [0.5, 0.6) is 17.2 Å². The molecular weight excluding hydrogens is 316 g/mol. The molecule has 0 amide bonds. The molecule has 6 heteroatoms. The van der Waals surface area contributed by atoms with Crippen LogP contribution in [0.4, 0.5) is 0 Å². The zero-order valence-corrected chi connectivity index (χ0v) is 13.3. The topological polar surface area (TPSA) is 68.9 Å². The SMILES string of the molecule is COc1c(C(=O)C=Cc2cccs2)c(O)c(OC)c2occc12. The van der Waals surface area contributed by atoms with Crippen molar-refractivity contribution in [3.05, 3.63) is 46.4 Å². The van der Waals surface area contributed by atoms with Crippen molar-refractivity contribution < 1.29 is 23.8 Å². The molecule has 118 valence electrons. The van der Waals surface area contributed by atoms with Gasteiger partial charge >= 0.3 is 0 Å². The van der Waals surface area contributed by atoms with E-state index in [4.69, 9.17) is 13.9 Å². The normalized spacial score (nSPS) is 11.2. The smallest absolute Gasteiger partial charge is 0.205 e. The first-order chi connectivity index (χ1) is 11.2. The van der Waals surface area contributed by atoms with Gasteiger partial charge in [0.2, 0.25) is 5.75 Å². The molecule has 1 N–H and O–H groups in total. The van der Waals surface area contributed by atoms with Crippen LogP contribution in [-0.4, -0.2) is 25.1 Å². The molecule has 0 saturated heterocycles. The number of carbonyl (C=O) groups is 1. The van der Waals surface area contributed by atoms with E-state index in [1.165, 1.54) is 37.9 Å². The third kappa shape index (κ3) is 2.57. The molecule has 0 atom stereocenters. The second-order valence-electron chi connectivity index (χ2n) is 4.67. The Hall–Kier alpha value is -2.73. The molecule has 0 unspecified atom stereocenters. The maximum Gasteiger partial charge on any atom is 0.205 e. The summed E-state index contributed by atoms with van der Waals surface area (Å²) in [5.41, 5.74) is 0.381. The molecule has 3 rings (SSSR count). The standard InChI is InChI=1S/C17H14O5S/c1-20-15-11-7-8-22-16(11)17(21-2)14(19)13(15)12(18)6-5-10-4-3-9-23-10/h3-9,19H,1-2H3. The Bertz CT molecular complexity index is 874. The number of carbonyl (C=O) groups excluding carboxylic acids is 1. The highest BCUT2D eigenvalue weighted by Crippen LogP contribution is 2.45. The number of benzene rings is 1. The lowest BCUT2D eigenvalue weighted by atomic mass is 10.0. The molecule has 0 spiro atoms. The quantitative estimate of drug-likeness (QED) is 0.563. The number of thiophene rings is 1. The number of phenolic OH excluding ortho intramolecular Hbond substituents is 1. The predicted molar refractivity (Wildman–Crippen MR) is 88.7 cm³/mol. The lowest BCUT2D eigenvalue weighted by Gasteiger charge is -2.12. The highest BCUT2D eigenvalue weighted by Gasteiger charge is 2.26. The van der Waals surface area contributed by atoms with Crippen LogP contribution in [0.2, 0.25) is 0 Å². The number of methoxy groups -OCH3 is 2. The van der Waals surface area contributed by atoms with Crippen molar-refractivity contribution in [1.29, 1.82) is 0 Å². The number of hydrogen-bond acceptors (Lipinski definition) is 6. The Balaban J connectivity index is 2.15. The summed E-state index contributed by atoms with van der Waals surface area (Å²) in [6, 6.07) is 5.45. The Kier molecular flexibility index (Phi) is 4.08. The van der Waals surface area contributed by atoms with E-state index in [1.807, 2.05) is 17.5 Å². The molecule has 0 aliphatic rings. The van der Waals surface area contributed by atoms with Gasteiger partial charge in [-0.25, -0.2) is 0 Å².